The molecule has 0 radical (unpaired) electrons. The molecule has 1 heterocycles. The Bertz CT molecular complexity index is 1090. The van der Waals surface area contributed by atoms with E-state index in [1.807, 2.05) is 48.6 Å². The summed E-state index contributed by atoms with van der Waals surface area (Å²) in [6, 6.07) is 11.8. The molecule has 0 saturated carbocycles. The van der Waals surface area contributed by atoms with E-state index in [0.717, 1.165) is 24.5 Å². The molecule has 0 saturated heterocycles. The lowest BCUT2D eigenvalue weighted by atomic mass is 9.99. The van der Waals surface area contributed by atoms with E-state index in [2.05, 4.69) is 9.89 Å². The molecule has 2 aromatic carbocycles. The normalized spacial score (nSPS) is 19.9. The van der Waals surface area contributed by atoms with Crippen molar-refractivity contribution in [3.8, 4) is 11.5 Å². The number of nitrogens with zero attached hydrogens (tertiary/aromatic N) is 1. The number of hydrogen-bond donors (Lipinski definition) is 2. The lowest BCUT2D eigenvalue weighted by Crippen LogP contribution is -2.15. The third-order valence-corrected chi connectivity index (χ3v) is 5.10. The van der Waals surface area contributed by atoms with Gasteiger partial charge in [-0.25, -0.2) is 9.59 Å². The fourth-order valence-electron chi connectivity index (χ4n) is 3.45. The lowest BCUT2D eigenvalue weighted by molar-refractivity contribution is -0.145. The van der Waals surface area contributed by atoms with Gasteiger partial charge in [0.1, 0.15) is 23.2 Å². The van der Waals surface area contributed by atoms with Gasteiger partial charge in [0.2, 0.25) is 6.61 Å². The predicted molar refractivity (Wildman–Crippen MR) is 126 cm³/mol. The summed E-state index contributed by atoms with van der Waals surface area (Å²) in [7, 11) is 1.24. The maximum absolute atomic E-state index is 13.2. The first-order valence-corrected chi connectivity index (χ1v) is 10.9. The van der Waals surface area contributed by atoms with Gasteiger partial charge in [-0.15, -0.1) is 0 Å². The minimum atomic E-state index is -0.731. The largest absolute Gasteiger partial charge is 0.508 e. The van der Waals surface area contributed by atoms with Crippen molar-refractivity contribution in [1.82, 2.24) is 0 Å². The van der Waals surface area contributed by atoms with Gasteiger partial charge in [0.15, 0.2) is 0 Å². The van der Waals surface area contributed by atoms with Crippen LogP contribution in [0, 0.1) is 0 Å². The monoisotopic (exact) mass is 465 g/mol. The van der Waals surface area contributed by atoms with E-state index >= 15 is 0 Å². The molecular weight excluding hydrogens is 438 g/mol. The van der Waals surface area contributed by atoms with Gasteiger partial charge in [0, 0.05) is 18.9 Å². The first-order chi connectivity index (χ1) is 16.5. The lowest BCUT2D eigenvalue weighted by Gasteiger charge is -2.19. The summed E-state index contributed by atoms with van der Waals surface area (Å²) >= 11 is 0. The highest BCUT2D eigenvalue weighted by atomic mass is 16.6. The van der Waals surface area contributed by atoms with Gasteiger partial charge in [-0.05, 0) is 36.1 Å². The number of phenols is 2. The summed E-state index contributed by atoms with van der Waals surface area (Å²) in [6.07, 6.45) is 9.01. The van der Waals surface area contributed by atoms with Crippen molar-refractivity contribution >= 4 is 17.7 Å². The highest BCUT2D eigenvalue weighted by Gasteiger charge is 2.24. The third-order valence-electron chi connectivity index (χ3n) is 5.10. The van der Waals surface area contributed by atoms with Crippen molar-refractivity contribution in [2.75, 3.05) is 13.7 Å². The molecule has 34 heavy (non-hydrogen) atoms. The quantitative estimate of drug-likeness (QED) is 0.391. The summed E-state index contributed by atoms with van der Waals surface area (Å²) in [5.74, 6) is -1.95. The molecule has 1 aliphatic rings. The van der Waals surface area contributed by atoms with Gasteiger partial charge in [-0.1, -0.05) is 53.7 Å². The van der Waals surface area contributed by atoms with E-state index < -0.39 is 23.8 Å². The van der Waals surface area contributed by atoms with E-state index in [4.69, 9.17) is 9.57 Å². The van der Waals surface area contributed by atoms with Gasteiger partial charge in [0.25, 0.3) is 0 Å². The Morgan fingerprint density at radius 1 is 1.12 bits per heavy atom. The zero-order valence-corrected chi connectivity index (χ0v) is 18.8. The topological polar surface area (TPSA) is 115 Å². The molecule has 8 nitrogen and oxygen atoms in total. The second-order valence-electron chi connectivity index (χ2n) is 7.60. The Labute approximate surface area is 197 Å². The van der Waals surface area contributed by atoms with Crippen molar-refractivity contribution < 1.29 is 34.1 Å². The van der Waals surface area contributed by atoms with E-state index in [-0.39, 0.29) is 24.3 Å². The van der Waals surface area contributed by atoms with Gasteiger partial charge < -0.3 is 24.5 Å². The van der Waals surface area contributed by atoms with Gasteiger partial charge in [-0.3, -0.25) is 0 Å². The Hall–Kier alpha value is -4.07. The molecule has 0 aliphatic carbocycles. The first-order valence-electron chi connectivity index (χ1n) is 10.9. The number of oxime groups is 1. The molecule has 0 bridgehead atoms. The first kappa shape index (κ1) is 24.6. The number of carbonyl (C=O) groups is 2. The standard InChI is InChI=1S/C26H27NO7/c1-32-24(30)17-33-27-20-12-8-3-2-4-9-13-23(18-10-6-5-7-11-18)34-26(31)25-19(14-20)15-21(28)16-22(25)29/h4-12,15-16,23,28-29H,2-3,13-14,17H2,1H3/b9-4+,12-8+,27-20?/t23-/m0/s1. The zero-order valence-electron chi connectivity index (χ0n) is 18.8. The SMILES string of the molecule is COC(=O)CON=C1/C=C/CC/C=C/C[C@@H](c2ccccc2)OC(=O)c2c(O)cc(O)cc2C1. The molecule has 0 spiro atoms. The number of aromatic hydroxyl groups is 2. The van der Waals surface area contributed by atoms with Crippen LogP contribution in [0.4, 0.5) is 0 Å². The van der Waals surface area contributed by atoms with Gasteiger partial charge in [0.05, 0.1) is 12.8 Å². The second-order valence-corrected chi connectivity index (χ2v) is 7.60. The molecule has 0 unspecified atom stereocenters. The van der Waals surface area contributed by atoms with Crippen molar-refractivity contribution in [3.63, 3.8) is 0 Å². The second kappa shape index (κ2) is 12.2. The number of cyclic esters (lactones) is 1. The van der Waals surface area contributed by atoms with Gasteiger partial charge >= 0.3 is 11.9 Å². The van der Waals surface area contributed by atoms with Crippen LogP contribution < -0.4 is 0 Å². The van der Waals surface area contributed by atoms with Crippen LogP contribution in [0.25, 0.3) is 0 Å². The molecule has 0 fully saturated rings. The number of esters is 2. The molecule has 2 N–H and O–H groups in total. The predicted octanol–water partition coefficient (Wildman–Crippen LogP) is 4.38. The fourth-order valence-corrected chi connectivity index (χ4v) is 3.45. The van der Waals surface area contributed by atoms with Crippen molar-refractivity contribution in [1.29, 1.82) is 0 Å². The molecule has 1 aliphatic heterocycles. The number of phenolic OH excluding ortho intramolecular Hbond substituents is 2. The van der Waals surface area contributed by atoms with Crippen LogP contribution in [0.15, 0.2) is 71.9 Å². The van der Waals surface area contributed by atoms with Crippen molar-refractivity contribution in [2.24, 2.45) is 5.16 Å². The maximum Gasteiger partial charge on any atom is 0.346 e. The minimum absolute atomic E-state index is 0.0376. The molecule has 0 aromatic heterocycles. The fraction of sp³-hybridized carbons (Fsp3) is 0.269. The number of carbonyl (C=O) groups excluding carboxylic acids is 2. The number of rotatable bonds is 4. The summed E-state index contributed by atoms with van der Waals surface area (Å²) < 4.78 is 10.3. The Morgan fingerprint density at radius 2 is 1.88 bits per heavy atom. The molecule has 1 atom stereocenters. The van der Waals surface area contributed by atoms with Crippen molar-refractivity contribution in [3.05, 3.63) is 83.5 Å². The summed E-state index contributed by atoms with van der Waals surface area (Å²) in [4.78, 5) is 29.6. The summed E-state index contributed by atoms with van der Waals surface area (Å²) in [6.45, 7) is -0.379. The van der Waals surface area contributed by atoms with E-state index in [1.165, 1.54) is 13.2 Å². The summed E-state index contributed by atoms with van der Waals surface area (Å²) in [5.41, 5.74) is 1.43. The third kappa shape index (κ3) is 6.96. The van der Waals surface area contributed by atoms with Crippen LogP contribution in [-0.2, 0) is 25.5 Å². The van der Waals surface area contributed by atoms with Crippen LogP contribution >= 0.6 is 0 Å². The summed E-state index contributed by atoms with van der Waals surface area (Å²) in [5, 5.41) is 24.5. The van der Waals surface area contributed by atoms with Gasteiger partial charge in [-0.2, -0.15) is 0 Å². The molecule has 178 valence electrons. The van der Waals surface area contributed by atoms with E-state index in [9.17, 15) is 19.8 Å². The number of ether oxygens (including phenoxy) is 2. The number of hydrogen-bond acceptors (Lipinski definition) is 8. The van der Waals surface area contributed by atoms with Crippen LogP contribution in [-0.4, -0.2) is 41.6 Å². The van der Waals surface area contributed by atoms with Crippen molar-refractivity contribution in [2.45, 2.75) is 31.8 Å². The number of allylic oxidation sites excluding steroid dienone is 3. The average Bonchev–Trinajstić information content (AvgIpc) is 2.82. The highest BCUT2D eigenvalue weighted by molar-refractivity contribution is 6.00. The zero-order chi connectivity index (χ0) is 24.3. The molecule has 0 amide bonds. The van der Waals surface area contributed by atoms with Crippen LogP contribution in [0.3, 0.4) is 0 Å². The van der Waals surface area contributed by atoms with E-state index in [1.54, 1.807) is 6.08 Å². The minimum Gasteiger partial charge on any atom is -0.508 e. The molecule has 3 rings (SSSR count). The average molecular weight is 466 g/mol. The van der Waals surface area contributed by atoms with E-state index in [0.29, 0.717) is 17.7 Å². The molecule has 2 aromatic rings. The number of benzene rings is 2. The molecular formula is C26H27NO7. The Kier molecular flexibility index (Phi) is 8.85. The number of fused-ring (bicyclic) bond motifs is 1. The molecule has 8 heteroatoms. The maximum atomic E-state index is 13.2. The Balaban J connectivity index is 1.98. The van der Waals surface area contributed by atoms with Crippen LogP contribution in [0.1, 0.15) is 46.9 Å². The number of methoxy groups -OCH3 is 1. The van der Waals surface area contributed by atoms with Crippen LogP contribution in [0.2, 0.25) is 0 Å². The smallest absolute Gasteiger partial charge is 0.346 e. The Morgan fingerprint density at radius 3 is 2.65 bits per heavy atom. The highest BCUT2D eigenvalue weighted by Crippen LogP contribution is 2.31. The van der Waals surface area contributed by atoms with Crippen LogP contribution in [0.5, 0.6) is 11.5 Å².